The molecule has 1 saturated heterocycles. The lowest BCUT2D eigenvalue weighted by Gasteiger charge is -2.34. The second-order valence-electron chi connectivity index (χ2n) is 8.93. The minimum Gasteiger partial charge on any atom is -0.398 e. The number of aromatic nitrogens is 1. The van der Waals surface area contributed by atoms with Crippen molar-refractivity contribution in [2.24, 2.45) is 5.73 Å². The number of nitrogens with two attached hydrogens (primary N) is 1. The molecule has 3 aliphatic heterocycles. The molecule has 0 aliphatic carbocycles. The number of nitrogens with zero attached hydrogens (tertiary/aromatic N) is 5. The highest BCUT2D eigenvalue weighted by Crippen LogP contribution is 2.52. The van der Waals surface area contributed by atoms with E-state index in [1.807, 2.05) is 24.0 Å². The van der Waals surface area contributed by atoms with Crippen LogP contribution in [0.4, 0.5) is 10.2 Å². The molecule has 6 nitrogen and oxygen atoms in total. The second kappa shape index (κ2) is 12.7. The molecule has 4 heterocycles. The van der Waals surface area contributed by atoms with E-state index < -0.39 is 0 Å². The zero-order chi connectivity index (χ0) is 26.2. The largest absolute Gasteiger partial charge is 0.398 e. The lowest BCUT2D eigenvalue weighted by Crippen LogP contribution is -2.30. The van der Waals surface area contributed by atoms with Crippen molar-refractivity contribution < 1.29 is 4.39 Å². The van der Waals surface area contributed by atoms with E-state index in [1.165, 1.54) is 35.4 Å². The molecule has 0 amide bonds. The van der Waals surface area contributed by atoms with E-state index in [1.54, 1.807) is 0 Å². The number of piperidine rings is 1. The van der Waals surface area contributed by atoms with E-state index in [0.29, 0.717) is 12.8 Å². The molecule has 8 heteroatoms. The maximum atomic E-state index is 9.50. The molecule has 1 aromatic heterocycles. The third-order valence-corrected chi connectivity index (χ3v) is 8.17. The third kappa shape index (κ3) is 5.79. The average Bonchev–Trinajstić information content (AvgIpc) is 3.25. The smallest absolute Gasteiger partial charge is 0.128 e. The van der Waals surface area contributed by atoms with Gasteiger partial charge in [-0.05, 0) is 37.8 Å². The van der Waals surface area contributed by atoms with Gasteiger partial charge in [0.15, 0.2) is 0 Å². The van der Waals surface area contributed by atoms with Crippen molar-refractivity contribution in [1.29, 1.82) is 5.26 Å². The zero-order valence-corrected chi connectivity index (χ0v) is 22.5. The summed E-state index contributed by atoms with van der Waals surface area (Å²) in [5.41, 5.74) is 10.9. The van der Waals surface area contributed by atoms with Gasteiger partial charge in [-0.2, -0.15) is 5.26 Å². The highest BCUT2D eigenvalue weighted by atomic mass is 32.2. The summed E-state index contributed by atoms with van der Waals surface area (Å²) in [5, 5.41) is 9.65. The molecular formula is C28H37FN6S. The molecule has 1 unspecified atom stereocenters. The number of alkyl halides is 1. The molecule has 0 radical (unpaired) electrons. The molecule has 1 fully saturated rings. The van der Waals surface area contributed by atoms with Gasteiger partial charge in [0.25, 0.3) is 0 Å². The predicted octanol–water partition coefficient (Wildman–Crippen LogP) is 5.98. The van der Waals surface area contributed by atoms with Gasteiger partial charge in [-0.15, -0.1) is 0 Å². The summed E-state index contributed by atoms with van der Waals surface area (Å²) in [4.78, 5) is 13.0. The number of halogens is 1. The Labute approximate surface area is 219 Å². The van der Waals surface area contributed by atoms with E-state index in [2.05, 4.69) is 66.1 Å². The Kier molecular flexibility index (Phi) is 9.65. The number of allylic oxidation sites excluding steroid dienone is 3. The SMILES string of the molecule is C=C(N)/C(C#N)=C\C(=C/CC)N1CCC2=C(SC(c3ccc(N4CCCCC4)nc3)N2C)C1=C.CF. The maximum Gasteiger partial charge on any atom is 0.128 e. The summed E-state index contributed by atoms with van der Waals surface area (Å²) in [6.45, 7) is 13.3. The van der Waals surface area contributed by atoms with Crippen LogP contribution in [0.3, 0.4) is 0 Å². The first kappa shape index (κ1) is 27.4. The number of rotatable bonds is 6. The highest BCUT2D eigenvalue weighted by Gasteiger charge is 2.37. The fraction of sp³-hybridized carbons (Fsp3) is 0.429. The van der Waals surface area contributed by atoms with Crippen LogP contribution in [0.15, 0.2) is 76.9 Å². The summed E-state index contributed by atoms with van der Waals surface area (Å²) < 4.78 is 9.50. The molecule has 1 aromatic rings. The second-order valence-corrected chi connectivity index (χ2v) is 10.0. The first-order chi connectivity index (χ1) is 17.4. The van der Waals surface area contributed by atoms with E-state index in [0.717, 1.165) is 49.7 Å². The molecule has 0 saturated carbocycles. The number of nitriles is 1. The van der Waals surface area contributed by atoms with Crippen LogP contribution in [0.5, 0.6) is 0 Å². The molecule has 0 aromatic carbocycles. The normalized spacial score (nSPS) is 20.6. The molecule has 0 bridgehead atoms. The lowest BCUT2D eigenvalue weighted by molar-refractivity contribution is 0.352. The first-order valence-corrected chi connectivity index (χ1v) is 13.3. The standard InChI is InChI=1S/C27H34N6S.CH3F/c1-5-9-23(16-22(17-28)19(2)29)33-15-12-24-26(20(33)3)34-27(31(24)4)21-10-11-25(30-18-21)32-13-7-6-8-14-32;1-2/h9-11,16,18,27H,2-3,5-8,12-15,29H2,1,4H3;1H3/b22-16-,23-9+;. The van der Waals surface area contributed by atoms with Crippen LogP contribution in [-0.2, 0) is 0 Å². The van der Waals surface area contributed by atoms with Gasteiger partial charge in [0.2, 0.25) is 0 Å². The predicted molar refractivity (Wildman–Crippen MR) is 148 cm³/mol. The quantitative estimate of drug-likeness (QED) is 0.374. The molecule has 0 spiro atoms. The summed E-state index contributed by atoms with van der Waals surface area (Å²) in [7, 11) is 2.66. The topological polar surface area (TPSA) is 72.4 Å². The minimum atomic E-state index is 0.178. The van der Waals surface area contributed by atoms with Crippen molar-refractivity contribution in [3.8, 4) is 6.07 Å². The fourth-order valence-corrected chi connectivity index (χ4v) is 6.20. The van der Waals surface area contributed by atoms with E-state index in [9.17, 15) is 9.65 Å². The first-order valence-electron chi connectivity index (χ1n) is 12.4. The van der Waals surface area contributed by atoms with Gasteiger partial charge in [-0.1, -0.05) is 44.0 Å². The number of thioether (sulfide) groups is 1. The van der Waals surface area contributed by atoms with Crippen molar-refractivity contribution in [2.75, 3.05) is 38.8 Å². The van der Waals surface area contributed by atoms with Gasteiger partial charge >= 0.3 is 0 Å². The molecule has 192 valence electrons. The Morgan fingerprint density at radius 3 is 2.58 bits per heavy atom. The monoisotopic (exact) mass is 508 g/mol. The van der Waals surface area contributed by atoms with Crippen LogP contribution in [-0.4, -0.2) is 48.6 Å². The fourth-order valence-electron chi connectivity index (χ4n) is 4.79. The van der Waals surface area contributed by atoms with Crippen LogP contribution in [0.1, 0.15) is 50.0 Å². The molecule has 4 rings (SSSR count). The average molecular weight is 509 g/mol. The number of anilines is 1. The molecule has 36 heavy (non-hydrogen) atoms. The van der Waals surface area contributed by atoms with Crippen LogP contribution >= 0.6 is 11.8 Å². The maximum absolute atomic E-state index is 9.50. The zero-order valence-electron chi connectivity index (χ0n) is 21.6. The molecule has 3 aliphatic rings. The van der Waals surface area contributed by atoms with Gasteiger partial charge in [0, 0.05) is 67.7 Å². The lowest BCUT2D eigenvalue weighted by atomic mass is 10.1. The highest BCUT2D eigenvalue weighted by molar-refractivity contribution is 8.03. The van der Waals surface area contributed by atoms with Gasteiger partial charge < -0.3 is 20.4 Å². The van der Waals surface area contributed by atoms with E-state index in [4.69, 9.17) is 10.7 Å². The Bertz CT molecular complexity index is 1090. The summed E-state index contributed by atoms with van der Waals surface area (Å²) in [6, 6.07) is 6.55. The summed E-state index contributed by atoms with van der Waals surface area (Å²) in [5.74, 6) is 1.08. The Morgan fingerprint density at radius 1 is 1.28 bits per heavy atom. The number of hydrogen-bond acceptors (Lipinski definition) is 7. The molecule has 2 N–H and O–H groups in total. The van der Waals surface area contributed by atoms with E-state index in [-0.39, 0.29) is 11.1 Å². The molecular weight excluding hydrogens is 471 g/mol. The van der Waals surface area contributed by atoms with Crippen molar-refractivity contribution in [2.45, 2.75) is 44.4 Å². The minimum absolute atomic E-state index is 0.178. The van der Waals surface area contributed by atoms with Gasteiger partial charge in [0.05, 0.1) is 17.7 Å². The van der Waals surface area contributed by atoms with Crippen LogP contribution in [0.2, 0.25) is 0 Å². The Morgan fingerprint density at radius 2 is 2.00 bits per heavy atom. The van der Waals surface area contributed by atoms with Crippen molar-refractivity contribution in [1.82, 2.24) is 14.8 Å². The van der Waals surface area contributed by atoms with Crippen LogP contribution < -0.4 is 10.6 Å². The third-order valence-electron chi connectivity index (χ3n) is 6.65. The Hall–Kier alpha value is -3.18. The number of hydrogen-bond donors (Lipinski definition) is 1. The van der Waals surface area contributed by atoms with E-state index >= 15 is 0 Å². The Balaban J connectivity index is 0.00000176. The van der Waals surface area contributed by atoms with Crippen molar-refractivity contribution >= 4 is 17.6 Å². The van der Waals surface area contributed by atoms with Crippen LogP contribution in [0, 0.1) is 11.3 Å². The van der Waals surface area contributed by atoms with Gasteiger partial charge in [-0.3, -0.25) is 4.39 Å². The van der Waals surface area contributed by atoms with Crippen molar-refractivity contribution in [3.63, 3.8) is 0 Å². The van der Waals surface area contributed by atoms with Gasteiger partial charge in [-0.25, -0.2) is 4.98 Å². The van der Waals surface area contributed by atoms with Gasteiger partial charge in [0.1, 0.15) is 17.3 Å². The van der Waals surface area contributed by atoms with Crippen LogP contribution in [0.25, 0.3) is 0 Å². The summed E-state index contributed by atoms with van der Waals surface area (Å²) in [6.07, 6.45) is 11.6. The molecule has 1 atom stereocenters. The summed E-state index contributed by atoms with van der Waals surface area (Å²) >= 11 is 1.83. The number of pyridine rings is 1. The van der Waals surface area contributed by atoms with Crippen molar-refractivity contribution in [3.05, 3.63) is 82.5 Å².